The van der Waals surface area contributed by atoms with E-state index in [0.717, 1.165) is 76.6 Å². The number of anilines is 2. The zero-order valence-corrected chi connectivity index (χ0v) is 34.8. The first kappa shape index (κ1) is 41.4. The number of aryl methyl sites for hydroxylation is 1. The number of halogens is 2. The molecule has 5 aromatic rings. The maximum atomic E-state index is 14.3. The van der Waals surface area contributed by atoms with Gasteiger partial charge < -0.3 is 19.9 Å². The molecule has 3 saturated heterocycles. The predicted molar refractivity (Wildman–Crippen MR) is 226 cm³/mol. The van der Waals surface area contributed by atoms with E-state index in [1.54, 1.807) is 24.1 Å². The van der Waals surface area contributed by atoms with Gasteiger partial charge in [0.05, 0.1) is 47.7 Å². The number of hydrogen-bond donors (Lipinski definition) is 2. The number of imidazole rings is 1. The molecule has 2 N–H and O–H groups in total. The van der Waals surface area contributed by atoms with Gasteiger partial charge in [-0.05, 0) is 94.5 Å². The SMILES string of the molecule is Cn1c(=O)n(C2CCC(=O)NC2=O)c2cccc(C#CCCC3CCN(CC4CCC(n5cc(NC(=O)c6cnn7ccc(N8CCOCC8)nc67)c(C(F)F)n5)CC4)CC3)c21. The van der Waals surface area contributed by atoms with Crippen LogP contribution >= 0.6 is 0 Å². The topological polar surface area (TPSA) is 166 Å². The van der Waals surface area contributed by atoms with E-state index in [2.05, 4.69) is 47.5 Å². The van der Waals surface area contributed by atoms with Gasteiger partial charge in [0.2, 0.25) is 11.8 Å². The fourth-order valence-corrected chi connectivity index (χ4v) is 9.65. The van der Waals surface area contributed by atoms with Crippen LogP contribution in [-0.2, 0) is 21.4 Å². The van der Waals surface area contributed by atoms with Crippen molar-refractivity contribution in [2.45, 2.75) is 82.7 Å². The highest BCUT2D eigenvalue weighted by Gasteiger charge is 2.32. The molecule has 1 unspecified atom stereocenters. The fraction of sp³-hybridized carbons (Fsp3) is 0.523. The lowest BCUT2D eigenvalue weighted by Crippen LogP contribution is -2.44. The summed E-state index contributed by atoms with van der Waals surface area (Å²) >= 11 is 0. The minimum Gasteiger partial charge on any atom is -0.378 e. The van der Waals surface area contributed by atoms with Crippen LogP contribution < -0.4 is 21.2 Å². The molecule has 4 fully saturated rings. The molecule has 1 saturated carbocycles. The number of morpholine rings is 1. The Balaban J connectivity index is 0.748. The number of alkyl halides is 2. The molecule has 1 aromatic carbocycles. The smallest absolute Gasteiger partial charge is 0.329 e. The standard InChI is InChI=1S/C44H51F2N11O5/c1-52-39-30(7-4-8-34(39)57(44(52)61)35-13-14-37(58)50-43(35)60)6-3-2-5-28-15-18-53(19-16-28)26-29-9-11-31(12-10-29)56-27-33(38(51-56)40(45)46)48-42(59)32-25-47-55-20-17-36(49-41(32)55)54-21-23-62-24-22-54/h4,7-8,17,20,25,27-29,31,35,40H,2,5,9-16,18-19,21-24,26H2,1H3,(H,48,59)(H,50,58,60). The molecule has 18 heteroatoms. The van der Waals surface area contributed by atoms with E-state index in [0.29, 0.717) is 60.6 Å². The molecular formula is C44H51F2N11O5. The summed E-state index contributed by atoms with van der Waals surface area (Å²) in [6, 6.07) is 6.63. The number of rotatable bonds is 10. The first-order valence-electron chi connectivity index (χ1n) is 21.7. The van der Waals surface area contributed by atoms with Gasteiger partial charge in [-0.3, -0.25) is 33.5 Å². The minimum atomic E-state index is -2.86. The maximum absolute atomic E-state index is 14.3. The van der Waals surface area contributed by atoms with Crippen LogP contribution in [0.1, 0.15) is 104 Å². The van der Waals surface area contributed by atoms with Crippen LogP contribution in [0.15, 0.2) is 47.7 Å². The van der Waals surface area contributed by atoms with Crippen molar-refractivity contribution in [3.8, 4) is 11.8 Å². The number of carbonyl (C=O) groups is 3. The van der Waals surface area contributed by atoms with Crippen molar-refractivity contribution in [2.24, 2.45) is 18.9 Å². The third-order valence-corrected chi connectivity index (χ3v) is 13.1. The second kappa shape index (κ2) is 17.8. The molecule has 0 radical (unpaired) electrons. The highest BCUT2D eigenvalue weighted by Crippen LogP contribution is 2.36. The molecule has 1 aliphatic carbocycles. The summed E-state index contributed by atoms with van der Waals surface area (Å²) in [7, 11) is 1.69. The van der Waals surface area contributed by atoms with Crippen molar-refractivity contribution in [3.63, 3.8) is 0 Å². The number of fused-ring (bicyclic) bond motifs is 2. The summed E-state index contributed by atoms with van der Waals surface area (Å²) in [5.41, 5.74) is 1.83. The molecule has 1 atom stereocenters. The van der Waals surface area contributed by atoms with Crippen molar-refractivity contribution >= 4 is 45.9 Å². The fourth-order valence-electron chi connectivity index (χ4n) is 9.65. The van der Waals surface area contributed by atoms with Crippen molar-refractivity contribution in [2.75, 3.05) is 56.2 Å². The molecule has 0 spiro atoms. The summed E-state index contributed by atoms with van der Waals surface area (Å²) in [5, 5.41) is 13.6. The van der Waals surface area contributed by atoms with Gasteiger partial charge in [-0.15, -0.1) is 0 Å². The second-order valence-electron chi connectivity index (χ2n) is 17.0. The Morgan fingerprint density at radius 3 is 2.55 bits per heavy atom. The highest BCUT2D eigenvalue weighted by molar-refractivity contribution is 6.08. The van der Waals surface area contributed by atoms with Crippen LogP contribution in [0.2, 0.25) is 0 Å². The largest absolute Gasteiger partial charge is 0.378 e. The Morgan fingerprint density at radius 1 is 1.00 bits per heavy atom. The van der Waals surface area contributed by atoms with Gasteiger partial charge in [0.15, 0.2) is 11.3 Å². The minimum absolute atomic E-state index is 0.00398. The van der Waals surface area contributed by atoms with Crippen LogP contribution in [0.5, 0.6) is 0 Å². The van der Waals surface area contributed by atoms with Crippen LogP contribution in [0, 0.1) is 23.7 Å². The molecule has 16 nitrogen and oxygen atoms in total. The zero-order valence-electron chi connectivity index (χ0n) is 34.8. The number of imide groups is 1. The van der Waals surface area contributed by atoms with Crippen molar-refractivity contribution in [3.05, 3.63) is 70.2 Å². The lowest BCUT2D eigenvalue weighted by Gasteiger charge is -2.36. The highest BCUT2D eigenvalue weighted by atomic mass is 19.3. The molecule has 4 aliphatic rings. The first-order chi connectivity index (χ1) is 30.1. The van der Waals surface area contributed by atoms with E-state index in [4.69, 9.17) is 4.74 Å². The molecule has 9 rings (SSSR count). The van der Waals surface area contributed by atoms with Crippen LogP contribution in [0.25, 0.3) is 16.7 Å². The summed E-state index contributed by atoms with van der Waals surface area (Å²) in [5.74, 6) is 7.07. The molecule has 326 valence electrons. The molecule has 0 bridgehead atoms. The number of hydrogen-bond acceptors (Lipinski definition) is 10. The van der Waals surface area contributed by atoms with Crippen molar-refractivity contribution in [1.82, 2.24) is 43.7 Å². The normalized spacial score (nSPS) is 21.7. The zero-order chi connectivity index (χ0) is 42.9. The Morgan fingerprint density at radius 2 is 1.79 bits per heavy atom. The lowest BCUT2D eigenvalue weighted by atomic mass is 9.85. The molecule has 62 heavy (non-hydrogen) atoms. The van der Waals surface area contributed by atoms with E-state index in [1.807, 2.05) is 24.3 Å². The Labute approximate surface area is 356 Å². The number of benzene rings is 1. The Kier molecular flexibility index (Phi) is 11.9. The van der Waals surface area contributed by atoms with E-state index in [9.17, 15) is 28.0 Å². The predicted octanol–water partition coefficient (Wildman–Crippen LogP) is 4.86. The van der Waals surface area contributed by atoms with Crippen molar-refractivity contribution in [1.29, 1.82) is 0 Å². The van der Waals surface area contributed by atoms with E-state index < -0.39 is 30.0 Å². The number of ether oxygens (including phenoxy) is 1. The molecule has 3 aliphatic heterocycles. The lowest BCUT2D eigenvalue weighted by molar-refractivity contribution is -0.135. The third-order valence-electron chi connectivity index (χ3n) is 13.1. The van der Waals surface area contributed by atoms with Gasteiger partial charge in [0.25, 0.3) is 12.3 Å². The number of carbonyl (C=O) groups excluding carboxylic acids is 3. The molecular weight excluding hydrogens is 801 g/mol. The number of nitrogens with zero attached hydrogens (tertiary/aromatic N) is 9. The second-order valence-corrected chi connectivity index (χ2v) is 17.0. The summed E-state index contributed by atoms with van der Waals surface area (Å²) in [6.45, 7) is 5.61. The van der Waals surface area contributed by atoms with Crippen LogP contribution in [0.4, 0.5) is 20.3 Å². The van der Waals surface area contributed by atoms with Gasteiger partial charge in [-0.1, -0.05) is 17.9 Å². The Bertz CT molecular complexity index is 2600. The Hall–Kier alpha value is -5.93. The third kappa shape index (κ3) is 8.47. The van der Waals surface area contributed by atoms with Crippen molar-refractivity contribution < 1.29 is 27.9 Å². The average Bonchev–Trinajstić information content (AvgIpc) is 3.98. The van der Waals surface area contributed by atoms with Gasteiger partial charge in [-0.25, -0.2) is 23.1 Å². The van der Waals surface area contributed by atoms with E-state index in [1.165, 1.54) is 19.8 Å². The van der Waals surface area contributed by atoms with E-state index in [-0.39, 0.29) is 41.7 Å². The first-order valence-corrected chi connectivity index (χ1v) is 21.7. The summed E-state index contributed by atoms with van der Waals surface area (Å²) < 4.78 is 40.1. The molecule has 7 heterocycles. The quantitative estimate of drug-likeness (QED) is 0.147. The number of aromatic nitrogens is 7. The number of nitrogens with one attached hydrogen (secondary N) is 2. The van der Waals surface area contributed by atoms with Crippen LogP contribution in [0.3, 0.4) is 0 Å². The number of amides is 3. The van der Waals surface area contributed by atoms with Gasteiger partial charge >= 0.3 is 5.69 Å². The number of piperidine rings is 2. The monoisotopic (exact) mass is 851 g/mol. The molecule has 4 aromatic heterocycles. The number of likely N-dealkylation sites (tertiary alicyclic amines) is 1. The summed E-state index contributed by atoms with van der Waals surface area (Å²) in [4.78, 5) is 60.3. The van der Waals surface area contributed by atoms with Gasteiger partial charge in [0.1, 0.15) is 17.4 Å². The summed E-state index contributed by atoms with van der Waals surface area (Å²) in [6.07, 6.45) is 9.83. The van der Waals surface area contributed by atoms with Gasteiger partial charge in [-0.2, -0.15) is 10.2 Å². The van der Waals surface area contributed by atoms with E-state index >= 15 is 0 Å². The maximum Gasteiger partial charge on any atom is 0.329 e. The number of para-hydroxylation sites is 1. The van der Waals surface area contributed by atoms with Crippen LogP contribution in [-0.4, -0.2) is 102 Å². The van der Waals surface area contributed by atoms with Gasteiger partial charge in [0, 0.05) is 51.9 Å². The molecule has 3 amide bonds. The average molecular weight is 852 g/mol.